The Hall–Kier alpha value is -1.53. The van der Waals surface area contributed by atoms with E-state index >= 15 is 0 Å². The van der Waals surface area contributed by atoms with Crippen LogP contribution in [0, 0.1) is 19.8 Å². The lowest BCUT2D eigenvalue weighted by Crippen LogP contribution is -2.47. The second-order valence-corrected chi connectivity index (χ2v) is 6.70. The van der Waals surface area contributed by atoms with Crippen LogP contribution in [0.4, 0.5) is 0 Å². The quantitative estimate of drug-likeness (QED) is 0.823. The van der Waals surface area contributed by atoms with Crippen LogP contribution in [0.3, 0.4) is 0 Å². The normalized spacial score (nSPS) is 24.0. The molecule has 2 aliphatic rings. The largest absolute Gasteiger partial charge is 0.368 e. The molecule has 1 aromatic heterocycles. The number of carbonyl (C=O) groups is 1. The van der Waals surface area contributed by atoms with E-state index in [0.29, 0.717) is 19.7 Å². The van der Waals surface area contributed by atoms with Crippen molar-refractivity contribution in [1.29, 1.82) is 0 Å². The number of morpholine rings is 1. The standard InChI is InChI=1S/C17H26N4O2/c1-12-10-15(19-13(2)18-12)16-11-21(8-9-23-16)17(22)14-4-6-20(3)7-5-14/h10,14,16H,4-9,11H2,1-3H3/t16-/m0/s1. The Bertz CT molecular complexity index is 549. The van der Waals surface area contributed by atoms with Gasteiger partial charge in [0.2, 0.25) is 5.91 Å². The van der Waals surface area contributed by atoms with Gasteiger partial charge in [0.25, 0.3) is 0 Å². The van der Waals surface area contributed by atoms with Crippen molar-refractivity contribution in [2.75, 3.05) is 39.8 Å². The number of aromatic nitrogens is 2. The molecule has 2 saturated heterocycles. The van der Waals surface area contributed by atoms with Gasteiger partial charge in [0.1, 0.15) is 11.9 Å². The smallest absolute Gasteiger partial charge is 0.225 e. The number of amides is 1. The zero-order valence-corrected chi connectivity index (χ0v) is 14.3. The van der Waals surface area contributed by atoms with Crippen molar-refractivity contribution in [2.45, 2.75) is 32.8 Å². The van der Waals surface area contributed by atoms with Gasteiger partial charge in [-0.1, -0.05) is 0 Å². The van der Waals surface area contributed by atoms with Gasteiger partial charge >= 0.3 is 0 Å². The molecule has 2 fully saturated rings. The average molecular weight is 318 g/mol. The molecule has 0 unspecified atom stereocenters. The number of ether oxygens (including phenoxy) is 1. The lowest BCUT2D eigenvalue weighted by atomic mass is 9.95. The predicted octanol–water partition coefficient (Wildman–Crippen LogP) is 1.34. The van der Waals surface area contributed by atoms with Crippen molar-refractivity contribution in [3.8, 4) is 0 Å². The summed E-state index contributed by atoms with van der Waals surface area (Å²) >= 11 is 0. The summed E-state index contributed by atoms with van der Waals surface area (Å²) in [6.07, 6.45) is 1.78. The van der Waals surface area contributed by atoms with E-state index in [1.54, 1.807) is 0 Å². The topological polar surface area (TPSA) is 58.6 Å². The highest BCUT2D eigenvalue weighted by Gasteiger charge is 2.32. The molecule has 1 amide bonds. The van der Waals surface area contributed by atoms with E-state index in [9.17, 15) is 4.79 Å². The van der Waals surface area contributed by atoms with Gasteiger partial charge in [-0.25, -0.2) is 9.97 Å². The molecule has 0 aliphatic carbocycles. The molecule has 0 bridgehead atoms. The second kappa shape index (κ2) is 6.93. The Labute approximate surface area is 137 Å². The molecule has 23 heavy (non-hydrogen) atoms. The second-order valence-electron chi connectivity index (χ2n) is 6.70. The number of hydrogen-bond acceptors (Lipinski definition) is 5. The first-order chi connectivity index (χ1) is 11.0. The fourth-order valence-electron chi connectivity index (χ4n) is 3.45. The van der Waals surface area contributed by atoms with E-state index in [0.717, 1.165) is 43.1 Å². The van der Waals surface area contributed by atoms with Crippen molar-refractivity contribution < 1.29 is 9.53 Å². The Kier molecular flexibility index (Phi) is 4.92. The Balaban J connectivity index is 1.67. The van der Waals surface area contributed by atoms with Crippen LogP contribution in [0.5, 0.6) is 0 Å². The SMILES string of the molecule is Cc1cc([C@@H]2CN(C(=O)C3CCN(C)CC3)CCO2)nc(C)n1. The third-order valence-corrected chi connectivity index (χ3v) is 4.76. The van der Waals surface area contributed by atoms with Crippen LogP contribution >= 0.6 is 0 Å². The number of rotatable bonds is 2. The Morgan fingerprint density at radius 1 is 1.22 bits per heavy atom. The van der Waals surface area contributed by atoms with Crippen LogP contribution in [0.25, 0.3) is 0 Å². The number of likely N-dealkylation sites (tertiary alicyclic amines) is 1. The summed E-state index contributed by atoms with van der Waals surface area (Å²) in [7, 11) is 2.12. The monoisotopic (exact) mass is 318 g/mol. The molecule has 3 rings (SSSR count). The van der Waals surface area contributed by atoms with Gasteiger partial charge in [-0.3, -0.25) is 4.79 Å². The lowest BCUT2D eigenvalue weighted by Gasteiger charge is -2.37. The van der Waals surface area contributed by atoms with E-state index in [-0.39, 0.29) is 17.9 Å². The van der Waals surface area contributed by atoms with Crippen molar-refractivity contribution >= 4 is 5.91 Å². The first kappa shape index (κ1) is 16.3. The predicted molar refractivity (Wildman–Crippen MR) is 87.0 cm³/mol. The Morgan fingerprint density at radius 2 is 1.96 bits per heavy atom. The van der Waals surface area contributed by atoms with Crippen molar-refractivity contribution in [3.05, 3.63) is 23.3 Å². The fourth-order valence-corrected chi connectivity index (χ4v) is 3.45. The maximum absolute atomic E-state index is 12.8. The molecule has 2 aliphatic heterocycles. The highest BCUT2D eigenvalue weighted by atomic mass is 16.5. The fraction of sp³-hybridized carbons (Fsp3) is 0.706. The van der Waals surface area contributed by atoms with E-state index < -0.39 is 0 Å². The number of carbonyl (C=O) groups excluding carboxylic acids is 1. The van der Waals surface area contributed by atoms with Crippen molar-refractivity contribution in [2.24, 2.45) is 5.92 Å². The number of hydrogen-bond donors (Lipinski definition) is 0. The molecule has 0 radical (unpaired) electrons. The maximum Gasteiger partial charge on any atom is 0.225 e. The molecule has 6 heteroatoms. The summed E-state index contributed by atoms with van der Waals surface area (Å²) in [5.41, 5.74) is 1.82. The van der Waals surface area contributed by atoms with Gasteiger partial charge in [-0.2, -0.15) is 0 Å². The molecule has 0 N–H and O–H groups in total. The molecule has 6 nitrogen and oxygen atoms in total. The Morgan fingerprint density at radius 3 is 2.65 bits per heavy atom. The van der Waals surface area contributed by atoms with Gasteiger partial charge in [0, 0.05) is 18.2 Å². The van der Waals surface area contributed by atoms with E-state index in [1.165, 1.54) is 0 Å². The van der Waals surface area contributed by atoms with Crippen LogP contribution in [0.1, 0.15) is 36.2 Å². The van der Waals surface area contributed by atoms with Crippen LogP contribution < -0.4 is 0 Å². The summed E-state index contributed by atoms with van der Waals surface area (Å²) in [5.74, 6) is 1.20. The number of nitrogens with zero attached hydrogens (tertiary/aromatic N) is 4. The maximum atomic E-state index is 12.8. The summed E-state index contributed by atoms with van der Waals surface area (Å²) < 4.78 is 5.87. The van der Waals surface area contributed by atoms with E-state index in [1.807, 2.05) is 24.8 Å². The summed E-state index contributed by atoms with van der Waals surface area (Å²) in [6, 6.07) is 1.96. The van der Waals surface area contributed by atoms with Crippen LogP contribution in [-0.2, 0) is 9.53 Å². The molecule has 1 atom stereocenters. The molecule has 0 spiro atoms. The minimum atomic E-state index is -0.139. The first-order valence-electron chi connectivity index (χ1n) is 8.44. The highest BCUT2D eigenvalue weighted by Crippen LogP contribution is 2.25. The zero-order valence-electron chi connectivity index (χ0n) is 14.3. The number of piperidine rings is 1. The van der Waals surface area contributed by atoms with Gasteiger partial charge in [-0.15, -0.1) is 0 Å². The lowest BCUT2D eigenvalue weighted by molar-refractivity contribution is -0.144. The molecule has 126 valence electrons. The summed E-state index contributed by atoms with van der Waals surface area (Å²) in [5, 5.41) is 0. The average Bonchev–Trinajstić information content (AvgIpc) is 2.54. The third kappa shape index (κ3) is 3.87. The van der Waals surface area contributed by atoms with Crippen LogP contribution in [0.2, 0.25) is 0 Å². The molecular formula is C17H26N4O2. The van der Waals surface area contributed by atoms with E-state index in [2.05, 4.69) is 21.9 Å². The van der Waals surface area contributed by atoms with Crippen LogP contribution in [0.15, 0.2) is 6.07 Å². The third-order valence-electron chi connectivity index (χ3n) is 4.76. The summed E-state index contributed by atoms with van der Waals surface area (Å²) in [4.78, 5) is 25.9. The molecule has 0 aromatic carbocycles. The molecule has 0 saturated carbocycles. The van der Waals surface area contributed by atoms with Crippen molar-refractivity contribution in [3.63, 3.8) is 0 Å². The zero-order chi connectivity index (χ0) is 16.4. The molecule has 1 aromatic rings. The van der Waals surface area contributed by atoms with Crippen molar-refractivity contribution in [1.82, 2.24) is 19.8 Å². The molecular weight excluding hydrogens is 292 g/mol. The minimum Gasteiger partial charge on any atom is -0.368 e. The van der Waals surface area contributed by atoms with Gasteiger partial charge in [0.05, 0.1) is 18.8 Å². The first-order valence-corrected chi connectivity index (χ1v) is 8.44. The number of aryl methyl sites for hydroxylation is 2. The van der Waals surface area contributed by atoms with Gasteiger partial charge < -0.3 is 14.5 Å². The summed E-state index contributed by atoms with van der Waals surface area (Å²) in [6.45, 7) is 7.73. The minimum absolute atomic E-state index is 0.139. The highest BCUT2D eigenvalue weighted by molar-refractivity contribution is 5.79. The van der Waals surface area contributed by atoms with E-state index in [4.69, 9.17) is 4.74 Å². The molecule has 3 heterocycles. The van der Waals surface area contributed by atoms with Gasteiger partial charge in [0.15, 0.2) is 0 Å². The van der Waals surface area contributed by atoms with Crippen LogP contribution in [-0.4, -0.2) is 65.5 Å². The van der Waals surface area contributed by atoms with Gasteiger partial charge in [-0.05, 0) is 52.9 Å².